The summed E-state index contributed by atoms with van der Waals surface area (Å²) < 4.78 is 2.69. The Labute approximate surface area is 157 Å². The molecule has 1 saturated heterocycles. The van der Waals surface area contributed by atoms with Crippen molar-refractivity contribution in [3.8, 4) is 0 Å². The number of aromatic nitrogens is 2. The smallest absolute Gasteiger partial charge is 0.262 e. The highest BCUT2D eigenvalue weighted by Crippen LogP contribution is 2.27. The van der Waals surface area contributed by atoms with E-state index < -0.39 is 0 Å². The van der Waals surface area contributed by atoms with E-state index >= 15 is 0 Å². The molecule has 1 fully saturated rings. The van der Waals surface area contributed by atoms with Crippen LogP contribution in [-0.2, 0) is 6.54 Å². The molecule has 2 heterocycles. The summed E-state index contributed by atoms with van der Waals surface area (Å²) in [6, 6.07) is 6.00. The molecule has 0 aliphatic carbocycles. The molecule has 3 rings (SSSR count). The second-order valence-electron chi connectivity index (χ2n) is 6.60. The molecule has 1 aliphatic heterocycles. The van der Waals surface area contributed by atoms with E-state index in [1.807, 2.05) is 29.7 Å². The van der Waals surface area contributed by atoms with Crippen molar-refractivity contribution in [2.24, 2.45) is 0 Å². The van der Waals surface area contributed by atoms with Gasteiger partial charge >= 0.3 is 0 Å². The fraction of sp³-hybridized carbons (Fsp3) is 0.579. The average molecular weight is 407 g/mol. The first-order valence-electron chi connectivity index (χ1n) is 9.31. The van der Waals surface area contributed by atoms with E-state index in [-0.39, 0.29) is 11.6 Å². The lowest BCUT2D eigenvalue weighted by molar-refractivity contribution is 0.185. The van der Waals surface area contributed by atoms with Crippen LogP contribution in [0.3, 0.4) is 0 Å². The van der Waals surface area contributed by atoms with Gasteiger partial charge in [-0.15, -0.1) is 0 Å². The number of rotatable bonds is 5. The van der Waals surface area contributed by atoms with Gasteiger partial charge in [0.2, 0.25) is 0 Å². The number of nitrogens with one attached hydrogen (secondary N) is 1. The molecule has 136 valence electrons. The molecular formula is C19H27BrN4O. The summed E-state index contributed by atoms with van der Waals surface area (Å²) in [6.45, 7) is 8.99. The Hall–Kier alpha value is -1.24. The summed E-state index contributed by atoms with van der Waals surface area (Å²) in [7, 11) is 0. The SMILES string of the molecule is CCCC(c1nc2cccc(Br)c2c(=O)n1CC)N1CCCNCC1. The Morgan fingerprint density at radius 2 is 2.12 bits per heavy atom. The van der Waals surface area contributed by atoms with Gasteiger partial charge in [0.15, 0.2) is 0 Å². The molecule has 0 radical (unpaired) electrons. The topological polar surface area (TPSA) is 50.2 Å². The Kier molecular flexibility index (Phi) is 6.25. The molecule has 2 aromatic rings. The lowest BCUT2D eigenvalue weighted by atomic mass is 10.1. The third-order valence-electron chi connectivity index (χ3n) is 4.95. The molecule has 1 unspecified atom stereocenters. The molecule has 6 heteroatoms. The summed E-state index contributed by atoms with van der Waals surface area (Å²) in [5.41, 5.74) is 0.845. The Bertz CT molecular complexity index is 781. The number of benzene rings is 1. The Morgan fingerprint density at radius 3 is 2.88 bits per heavy atom. The molecule has 1 aromatic carbocycles. The van der Waals surface area contributed by atoms with E-state index in [4.69, 9.17) is 4.98 Å². The molecule has 5 nitrogen and oxygen atoms in total. The first-order valence-corrected chi connectivity index (χ1v) is 10.1. The van der Waals surface area contributed by atoms with Crippen LogP contribution < -0.4 is 10.9 Å². The molecule has 1 aliphatic rings. The van der Waals surface area contributed by atoms with Gasteiger partial charge in [0.25, 0.3) is 5.56 Å². The summed E-state index contributed by atoms with van der Waals surface area (Å²) >= 11 is 3.52. The molecule has 0 bridgehead atoms. The molecule has 0 spiro atoms. The molecule has 1 atom stereocenters. The number of hydrogen-bond donors (Lipinski definition) is 1. The number of fused-ring (bicyclic) bond motifs is 1. The van der Waals surface area contributed by atoms with Crippen LogP contribution in [0.25, 0.3) is 10.9 Å². The third kappa shape index (κ3) is 3.81. The van der Waals surface area contributed by atoms with Crippen molar-refractivity contribution in [2.75, 3.05) is 26.2 Å². The van der Waals surface area contributed by atoms with Crippen LogP contribution >= 0.6 is 15.9 Å². The van der Waals surface area contributed by atoms with Gasteiger partial charge in [-0.1, -0.05) is 19.4 Å². The number of nitrogens with zero attached hydrogens (tertiary/aromatic N) is 3. The van der Waals surface area contributed by atoms with Gasteiger partial charge in [0, 0.05) is 30.7 Å². The van der Waals surface area contributed by atoms with E-state index in [1.165, 1.54) is 0 Å². The van der Waals surface area contributed by atoms with Gasteiger partial charge in [0.05, 0.1) is 16.9 Å². The third-order valence-corrected chi connectivity index (χ3v) is 5.61. The maximum atomic E-state index is 13.1. The highest BCUT2D eigenvalue weighted by molar-refractivity contribution is 9.10. The largest absolute Gasteiger partial charge is 0.315 e. The van der Waals surface area contributed by atoms with E-state index in [1.54, 1.807) is 0 Å². The predicted molar refractivity (Wildman–Crippen MR) is 106 cm³/mol. The lowest BCUT2D eigenvalue weighted by Crippen LogP contribution is -2.37. The van der Waals surface area contributed by atoms with E-state index in [9.17, 15) is 4.79 Å². The fourth-order valence-electron chi connectivity index (χ4n) is 3.73. The fourth-order valence-corrected chi connectivity index (χ4v) is 4.25. The minimum absolute atomic E-state index is 0.0593. The van der Waals surface area contributed by atoms with Gasteiger partial charge in [-0.3, -0.25) is 14.3 Å². The van der Waals surface area contributed by atoms with Gasteiger partial charge in [-0.25, -0.2) is 4.98 Å². The number of hydrogen-bond acceptors (Lipinski definition) is 4. The quantitative estimate of drug-likeness (QED) is 0.827. The molecule has 1 aromatic heterocycles. The zero-order chi connectivity index (χ0) is 17.8. The molecule has 25 heavy (non-hydrogen) atoms. The molecular weight excluding hydrogens is 380 g/mol. The van der Waals surface area contributed by atoms with Crippen molar-refractivity contribution in [1.82, 2.24) is 19.8 Å². The zero-order valence-electron chi connectivity index (χ0n) is 15.1. The van der Waals surface area contributed by atoms with Crippen molar-refractivity contribution in [2.45, 2.75) is 45.7 Å². The van der Waals surface area contributed by atoms with Gasteiger partial charge in [-0.2, -0.15) is 0 Å². The number of halogens is 1. The van der Waals surface area contributed by atoms with Crippen LogP contribution in [0.1, 0.15) is 45.0 Å². The summed E-state index contributed by atoms with van der Waals surface area (Å²) in [5.74, 6) is 0.918. The van der Waals surface area contributed by atoms with Crippen molar-refractivity contribution in [3.63, 3.8) is 0 Å². The minimum Gasteiger partial charge on any atom is -0.315 e. The minimum atomic E-state index is 0.0593. The first-order chi connectivity index (χ1) is 12.2. The van der Waals surface area contributed by atoms with Crippen molar-refractivity contribution in [3.05, 3.63) is 38.9 Å². The zero-order valence-corrected chi connectivity index (χ0v) is 16.7. The monoisotopic (exact) mass is 406 g/mol. The normalized spacial score (nSPS) is 17.6. The molecule has 0 amide bonds. The maximum Gasteiger partial charge on any atom is 0.262 e. The second-order valence-corrected chi connectivity index (χ2v) is 7.45. The summed E-state index contributed by atoms with van der Waals surface area (Å²) in [6.07, 6.45) is 3.23. The standard InChI is InChI=1S/C19H27BrN4O/c1-3-7-16(23-12-6-10-21-11-13-23)18-22-15-9-5-8-14(20)17(15)19(25)24(18)4-2/h5,8-9,16,21H,3-4,6-7,10-13H2,1-2H3. The average Bonchev–Trinajstić information content (AvgIpc) is 2.88. The van der Waals surface area contributed by atoms with Crippen LogP contribution in [0.4, 0.5) is 0 Å². The molecule has 0 saturated carbocycles. The molecule has 1 N–H and O–H groups in total. The first kappa shape index (κ1) is 18.5. The Morgan fingerprint density at radius 1 is 1.28 bits per heavy atom. The van der Waals surface area contributed by atoms with Gasteiger partial charge in [0.1, 0.15) is 5.82 Å². The van der Waals surface area contributed by atoms with E-state index in [0.29, 0.717) is 11.9 Å². The van der Waals surface area contributed by atoms with Crippen LogP contribution in [0.15, 0.2) is 27.5 Å². The lowest BCUT2D eigenvalue weighted by Gasteiger charge is -2.31. The van der Waals surface area contributed by atoms with Crippen molar-refractivity contribution < 1.29 is 0 Å². The van der Waals surface area contributed by atoms with Crippen LogP contribution in [0.5, 0.6) is 0 Å². The van der Waals surface area contributed by atoms with Crippen LogP contribution in [0, 0.1) is 0 Å². The van der Waals surface area contributed by atoms with Gasteiger partial charge in [-0.05, 0) is 54.4 Å². The highest BCUT2D eigenvalue weighted by Gasteiger charge is 2.26. The highest BCUT2D eigenvalue weighted by atomic mass is 79.9. The predicted octanol–water partition coefficient (Wildman–Crippen LogP) is 3.32. The van der Waals surface area contributed by atoms with Gasteiger partial charge < -0.3 is 5.32 Å². The second kappa shape index (κ2) is 8.43. The van der Waals surface area contributed by atoms with E-state index in [2.05, 4.69) is 33.1 Å². The van der Waals surface area contributed by atoms with Crippen molar-refractivity contribution in [1.29, 1.82) is 0 Å². The Balaban J connectivity index is 2.14. The van der Waals surface area contributed by atoms with E-state index in [0.717, 1.165) is 61.3 Å². The van der Waals surface area contributed by atoms with Crippen LogP contribution in [-0.4, -0.2) is 40.6 Å². The van der Waals surface area contributed by atoms with Crippen LogP contribution in [0.2, 0.25) is 0 Å². The summed E-state index contributed by atoms with van der Waals surface area (Å²) in [4.78, 5) is 20.6. The maximum absolute atomic E-state index is 13.1. The summed E-state index contributed by atoms with van der Waals surface area (Å²) in [5, 5.41) is 4.15. The van der Waals surface area contributed by atoms with Crippen molar-refractivity contribution >= 4 is 26.8 Å².